The van der Waals surface area contributed by atoms with Crippen molar-refractivity contribution < 1.29 is 0 Å². The van der Waals surface area contributed by atoms with Crippen LogP contribution in [0.1, 0.15) is 51.6 Å². The molecule has 1 aromatic carbocycles. The summed E-state index contributed by atoms with van der Waals surface area (Å²) in [6.45, 7) is 7.94. The summed E-state index contributed by atoms with van der Waals surface area (Å²) in [5.41, 5.74) is 2.70. The highest BCUT2D eigenvalue weighted by molar-refractivity contribution is 5.47. The average molecular weight is 262 g/mol. The zero-order valence-corrected chi connectivity index (χ0v) is 13.2. The van der Waals surface area contributed by atoms with E-state index in [1.807, 2.05) is 0 Å². The third-order valence-electron chi connectivity index (χ3n) is 3.76. The maximum Gasteiger partial charge on any atom is 0.0364 e. The lowest BCUT2D eigenvalue weighted by Gasteiger charge is -2.23. The predicted molar refractivity (Wildman–Crippen MR) is 85.9 cm³/mol. The summed E-state index contributed by atoms with van der Waals surface area (Å²) in [4.78, 5) is 2.17. The zero-order valence-electron chi connectivity index (χ0n) is 13.2. The molecule has 2 nitrogen and oxygen atoms in total. The van der Waals surface area contributed by atoms with Crippen molar-refractivity contribution in [3.8, 4) is 0 Å². The highest BCUT2D eigenvalue weighted by atomic mass is 15.1. The number of anilines is 1. The van der Waals surface area contributed by atoms with Crippen molar-refractivity contribution in [2.24, 2.45) is 5.92 Å². The number of rotatable bonds is 8. The third-order valence-corrected chi connectivity index (χ3v) is 3.76. The van der Waals surface area contributed by atoms with Crippen molar-refractivity contribution in [3.05, 3.63) is 29.8 Å². The van der Waals surface area contributed by atoms with Gasteiger partial charge in [-0.1, -0.05) is 39.3 Å². The second kappa shape index (κ2) is 8.21. The van der Waals surface area contributed by atoms with Gasteiger partial charge in [0.1, 0.15) is 0 Å². The van der Waals surface area contributed by atoms with Gasteiger partial charge < -0.3 is 10.2 Å². The van der Waals surface area contributed by atoms with E-state index in [0.717, 1.165) is 12.5 Å². The molecule has 2 atom stereocenters. The van der Waals surface area contributed by atoms with Crippen LogP contribution in [0.25, 0.3) is 0 Å². The molecule has 0 aromatic heterocycles. The molecule has 0 saturated heterocycles. The highest BCUT2D eigenvalue weighted by Crippen LogP contribution is 2.25. The number of nitrogens with one attached hydrogen (secondary N) is 1. The maximum atomic E-state index is 3.70. The van der Waals surface area contributed by atoms with Crippen LogP contribution in [0.3, 0.4) is 0 Å². The molecule has 1 N–H and O–H groups in total. The quantitative estimate of drug-likeness (QED) is 0.754. The second-order valence-corrected chi connectivity index (χ2v) is 5.75. The molecule has 0 aliphatic heterocycles. The van der Waals surface area contributed by atoms with Gasteiger partial charge in [-0.3, -0.25) is 0 Å². The van der Waals surface area contributed by atoms with E-state index in [1.54, 1.807) is 0 Å². The van der Waals surface area contributed by atoms with E-state index < -0.39 is 0 Å². The normalized spacial score (nSPS) is 14.2. The Labute approximate surface area is 119 Å². The molecule has 19 heavy (non-hydrogen) atoms. The predicted octanol–water partition coefficient (Wildman–Crippen LogP) is 4.23. The molecule has 0 amide bonds. The summed E-state index contributed by atoms with van der Waals surface area (Å²) >= 11 is 0. The minimum Gasteiger partial charge on any atom is -0.378 e. The van der Waals surface area contributed by atoms with Crippen LogP contribution in [-0.4, -0.2) is 20.6 Å². The van der Waals surface area contributed by atoms with Crippen LogP contribution in [0.5, 0.6) is 0 Å². The summed E-state index contributed by atoms with van der Waals surface area (Å²) < 4.78 is 0. The SMILES string of the molecule is CCCNC(CC(C)CC)c1cccc(N(C)C)c1. The van der Waals surface area contributed by atoms with Gasteiger partial charge >= 0.3 is 0 Å². The first-order valence-electron chi connectivity index (χ1n) is 7.59. The smallest absolute Gasteiger partial charge is 0.0364 e. The lowest BCUT2D eigenvalue weighted by molar-refractivity contribution is 0.402. The highest BCUT2D eigenvalue weighted by Gasteiger charge is 2.14. The molecule has 0 heterocycles. The van der Waals surface area contributed by atoms with Crippen LogP contribution < -0.4 is 10.2 Å². The fourth-order valence-corrected chi connectivity index (χ4v) is 2.24. The fourth-order valence-electron chi connectivity index (χ4n) is 2.24. The average Bonchev–Trinajstić information content (AvgIpc) is 2.43. The first-order valence-corrected chi connectivity index (χ1v) is 7.59. The Morgan fingerprint density at radius 3 is 2.53 bits per heavy atom. The molecule has 0 aliphatic carbocycles. The minimum atomic E-state index is 0.481. The third kappa shape index (κ3) is 5.23. The first kappa shape index (κ1) is 16.0. The van der Waals surface area contributed by atoms with E-state index in [0.29, 0.717) is 6.04 Å². The van der Waals surface area contributed by atoms with E-state index in [9.17, 15) is 0 Å². The fraction of sp³-hybridized carbons (Fsp3) is 0.647. The minimum absolute atomic E-state index is 0.481. The van der Waals surface area contributed by atoms with E-state index in [1.165, 1.54) is 30.5 Å². The molecule has 0 radical (unpaired) electrons. The van der Waals surface area contributed by atoms with Crippen LogP contribution >= 0.6 is 0 Å². The summed E-state index contributed by atoms with van der Waals surface area (Å²) in [7, 11) is 4.20. The van der Waals surface area contributed by atoms with E-state index in [4.69, 9.17) is 0 Å². The number of hydrogen-bond donors (Lipinski definition) is 1. The molecule has 0 spiro atoms. The largest absolute Gasteiger partial charge is 0.378 e. The molecular weight excluding hydrogens is 232 g/mol. The van der Waals surface area contributed by atoms with Gasteiger partial charge in [-0.05, 0) is 43.0 Å². The van der Waals surface area contributed by atoms with Crippen molar-refractivity contribution in [1.29, 1.82) is 0 Å². The molecule has 1 rings (SSSR count). The first-order chi connectivity index (χ1) is 9.08. The summed E-state index contributed by atoms with van der Waals surface area (Å²) in [6.07, 6.45) is 3.65. The van der Waals surface area contributed by atoms with Gasteiger partial charge in [0, 0.05) is 25.8 Å². The van der Waals surface area contributed by atoms with Crippen molar-refractivity contribution in [2.45, 2.75) is 46.1 Å². The Balaban J connectivity index is 2.85. The van der Waals surface area contributed by atoms with Gasteiger partial charge in [-0.2, -0.15) is 0 Å². The Morgan fingerprint density at radius 1 is 1.21 bits per heavy atom. The number of benzene rings is 1. The Hall–Kier alpha value is -1.02. The van der Waals surface area contributed by atoms with Gasteiger partial charge in [0.25, 0.3) is 0 Å². The zero-order chi connectivity index (χ0) is 14.3. The molecule has 0 saturated carbocycles. The van der Waals surface area contributed by atoms with Gasteiger partial charge in [0.05, 0.1) is 0 Å². The lowest BCUT2D eigenvalue weighted by atomic mass is 9.94. The molecule has 2 unspecified atom stereocenters. The van der Waals surface area contributed by atoms with Gasteiger partial charge in [-0.25, -0.2) is 0 Å². The molecule has 1 aromatic rings. The Bertz CT molecular complexity index is 360. The Kier molecular flexibility index (Phi) is 6.93. The van der Waals surface area contributed by atoms with Crippen LogP contribution in [0.2, 0.25) is 0 Å². The molecule has 0 fully saturated rings. The summed E-state index contributed by atoms with van der Waals surface area (Å²) in [5.74, 6) is 0.761. The monoisotopic (exact) mass is 262 g/mol. The van der Waals surface area contributed by atoms with Crippen LogP contribution in [-0.2, 0) is 0 Å². The van der Waals surface area contributed by atoms with Crippen molar-refractivity contribution in [3.63, 3.8) is 0 Å². The number of hydrogen-bond acceptors (Lipinski definition) is 2. The van der Waals surface area contributed by atoms with Gasteiger partial charge in [0.2, 0.25) is 0 Å². The number of nitrogens with zero attached hydrogens (tertiary/aromatic N) is 1. The molecule has 2 heteroatoms. The van der Waals surface area contributed by atoms with Crippen LogP contribution in [0.15, 0.2) is 24.3 Å². The van der Waals surface area contributed by atoms with E-state index in [2.05, 4.69) is 69.3 Å². The van der Waals surface area contributed by atoms with Crippen molar-refractivity contribution in [1.82, 2.24) is 5.32 Å². The summed E-state index contributed by atoms with van der Waals surface area (Å²) in [6, 6.07) is 9.39. The summed E-state index contributed by atoms with van der Waals surface area (Å²) in [5, 5.41) is 3.70. The van der Waals surface area contributed by atoms with Crippen molar-refractivity contribution in [2.75, 3.05) is 25.5 Å². The van der Waals surface area contributed by atoms with E-state index in [-0.39, 0.29) is 0 Å². The van der Waals surface area contributed by atoms with Gasteiger partial charge in [-0.15, -0.1) is 0 Å². The maximum absolute atomic E-state index is 3.70. The molecule has 0 aliphatic rings. The lowest BCUT2D eigenvalue weighted by Crippen LogP contribution is -2.24. The van der Waals surface area contributed by atoms with Crippen molar-refractivity contribution >= 4 is 5.69 Å². The second-order valence-electron chi connectivity index (χ2n) is 5.75. The molecule has 108 valence electrons. The molecule has 0 bridgehead atoms. The Morgan fingerprint density at radius 2 is 1.95 bits per heavy atom. The van der Waals surface area contributed by atoms with Crippen LogP contribution in [0, 0.1) is 5.92 Å². The topological polar surface area (TPSA) is 15.3 Å². The van der Waals surface area contributed by atoms with Crippen LogP contribution in [0.4, 0.5) is 5.69 Å². The molecular formula is C17H30N2. The van der Waals surface area contributed by atoms with Gasteiger partial charge in [0.15, 0.2) is 0 Å². The standard InChI is InChI=1S/C17H30N2/c1-6-11-18-17(12-14(3)7-2)15-9-8-10-16(13-15)19(4)5/h8-10,13-14,17-18H,6-7,11-12H2,1-5H3. The van der Waals surface area contributed by atoms with E-state index >= 15 is 0 Å².